The molecule has 3 N–H and O–H groups in total. The molecular formula is C17H14N4OS. The first-order chi connectivity index (χ1) is 11.3. The van der Waals surface area contributed by atoms with Crippen molar-refractivity contribution in [3.63, 3.8) is 0 Å². The molecule has 1 aromatic heterocycles. The number of hydrogen-bond acceptors (Lipinski definition) is 5. The molecule has 1 aliphatic rings. The Kier molecular flexibility index (Phi) is 3.44. The van der Waals surface area contributed by atoms with Crippen LogP contribution in [0.5, 0.6) is 0 Å². The van der Waals surface area contributed by atoms with Crippen molar-refractivity contribution < 1.29 is 4.79 Å². The molecule has 1 amide bonds. The highest BCUT2D eigenvalue weighted by atomic mass is 32.1. The maximum absolute atomic E-state index is 11.4. The number of hydrazine groups is 1. The van der Waals surface area contributed by atoms with Gasteiger partial charge in [-0.05, 0) is 29.8 Å². The molecule has 0 aliphatic carbocycles. The Balaban J connectivity index is 1.50. The van der Waals surface area contributed by atoms with Crippen LogP contribution in [0.2, 0.25) is 0 Å². The number of anilines is 3. The molecule has 23 heavy (non-hydrogen) atoms. The van der Waals surface area contributed by atoms with E-state index in [0.29, 0.717) is 6.42 Å². The molecule has 2 heterocycles. The molecule has 0 saturated heterocycles. The third-order valence-corrected chi connectivity index (χ3v) is 4.38. The Bertz CT molecular complexity index is 860. The molecule has 0 bridgehead atoms. The predicted octanol–water partition coefficient (Wildman–Crippen LogP) is 3.74. The van der Waals surface area contributed by atoms with Crippen LogP contribution in [0.15, 0.2) is 53.9 Å². The molecule has 6 heteroatoms. The van der Waals surface area contributed by atoms with Gasteiger partial charge in [-0.1, -0.05) is 24.3 Å². The van der Waals surface area contributed by atoms with Gasteiger partial charge in [-0.3, -0.25) is 15.6 Å². The molecule has 3 aromatic rings. The third kappa shape index (κ3) is 2.89. The summed E-state index contributed by atoms with van der Waals surface area (Å²) in [5.74, 6) is 0.0462. The zero-order valence-electron chi connectivity index (χ0n) is 12.2. The van der Waals surface area contributed by atoms with E-state index in [0.717, 1.165) is 33.3 Å². The van der Waals surface area contributed by atoms with E-state index in [1.165, 1.54) is 11.3 Å². The highest BCUT2D eigenvalue weighted by molar-refractivity contribution is 7.14. The van der Waals surface area contributed by atoms with Crippen molar-refractivity contribution in [1.29, 1.82) is 0 Å². The van der Waals surface area contributed by atoms with Gasteiger partial charge < -0.3 is 5.32 Å². The molecule has 0 radical (unpaired) electrons. The molecule has 0 unspecified atom stereocenters. The third-order valence-electron chi connectivity index (χ3n) is 3.62. The standard InChI is InChI=1S/C17H14N4OS/c22-16-9-12-8-11(6-7-14(12)18-16)15-10-23-17(19-15)21-20-13-4-2-1-3-5-13/h1-8,10,20H,9H2,(H,18,22)(H,19,21). The number of nitrogens with one attached hydrogen (secondary N) is 3. The summed E-state index contributed by atoms with van der Waals surface area (Å²) in [5.41, 5.74) is 11.0. The van der Waals surface area contributed by atoms with Crippen molar-refractivity contribution in [3.05, 3.63) is 59.5 Å². The lowest BCUT2D eigenvalue weighted by Gasteiger charge is -2.06. The summed E-state index contributed by atoms with van der Waals surface area (Å²) in [5, 5.41) is 5.63. The van der Waals surface area contributed by atoms with E-state index in [1.54, 1.807) is 0 Å². The number of fused-ring (bicyclic) bond motifs is 1. The van der Waals surface area contributed by atoms with Crippen LogP contribution < -0.4 is 16.2 Å². The first kappa shape index (κ1) is 13.8. The van der Waals surface area contributed by atoms with Crippen molar-refractivity contribution in [1.82, 2.24) is 4.98 Å². The van der Waals surface area contributed by atoms with Gasteiger partial charge in [0.25, 0.3) is 0 Å². The normalized spacial score (nSPS) is 12.6. The van der Waals surface area contributed by atoms with Gasteiger partial charge in [0.15, 0.2) is 0 Å². The fourth-order valence-corrected chi connectivity index (χ4v) is 3.17. The minimum atomic E-state index is 0.0462. The largest absolute Gasteiger partial charge is 0.326 e. The van der Waals surface area contributed by atoms with E-state index in [-0.39, 0.29) is 5.91 Å². The van der Waals surface area contributed by atoms with E-state index in [1.807, 2.05) is 53.9 Å². The minimum Gasteiger partial charge on any atom is -0.326 e. The lowest BCUT2D eigenvalue weighted by Crippen LogP contribution is -2.07. The summed E-state index contributed by atoms with van der Waals surface area (Å²) in [6, 6.07) is 15.8. The van der Waals surface area contributed by atoms with E-state index in [4.69, 9.17) is 0 Å². The Hall–Kier alpha value is -2.86. The van der Waals surface area contributed by atoms with Crippen LogP contribution in [0.3, 0.4) is 0 Å². The number of hydrogen-bond donors (Lipinski definition) is 3. The molecule has 0 spiro atoms. The monoisotopic (exact) mass is 322 g/mol. The Morgan fingerprint density at radius 2 is 1.96 bits per heavy atom. The number of carbonyl (C=O) groups excluding carboxylic acids is 1. The summed E-state index contributed by atoms with van der Waals surface area (Å²) in [7, 11) is 0. The van der Waals surface area contributed by atoms with E-state index >= 15 is 0 Å². The topological polar surface area (TPSA) is 66.0 Å². The van der Waals surface area contributed by atoms with Crippen LogP contribution in [0, 0.1) is 0 Å². The van der Waals surface area contributed by atoms with Crippen molar-refractivity contribution in [2.75, 3.05) is 16.2 Å². The van der Waals surface area contributed by atoms with Gasteiger partial charge in [0.05, 0.1) is 17.8 Å². The van der Waals surface area contributed by atoms with Crippen LogP contribution in [0.25, 0.3) is 11.3 Å². The molecule has 4 rings (SSSR count). The molecule has 0 atom stereocenters. The highest BCUT2D eigenvalue weighted by Gasteiger charge is 2.18. The first-order valence-electron chi connectivity index (χ1n) is 7.24. The van der Waals surface area contributed by atoms with E-state index in [2.05, 4.69) is 21.2 Å². The summed E-state index contributed by atoms with van der Waals surface area (Å²) < 4.78 is 0. The highest BCUT2D eigenvalue weighted by Crippen LogP contribution is 2.30. The average molecular weight is 322 g/mol. The number of para-hydroxylation sites is 1. The van der Waals surface area contributed by atoms with Crippen molar-refractivity contribution in [2.45, 2.75) is 6.42 Å². The van der Waals surface area contributed by atoms with Crippen LogP contribution in [0.4, 0.5) is 16.5 Å². The van der Waals surface area contributed by atoms with Gasteiger partial charge >= 0.3 is 0 Å². The zero-order chi connectivity index (χ0) is 15.6. The fourth-order valence-electron chi connectivity index (χ4n) is 2.50. The van der Waals surface area contributed by atoms with Gasteiger partial charge in [-0.2, -0.15) is 0 Å². The molecule has 114 valence electrons. The Morgan fingerprint density at radius 3 is 2.83 bits per heavy atom. The predicted molar refractivity (Wildman–Crippen MR) is 93.6 cm³/mol. The Morgan fingerprint density at radius 1 is 1.09 bits per heavy atom. The van der Waals surface area contributed by atoms with E-state index in [9.17, 15) is 4.79 Å². The van der Waals surface area contributed by atoms with Crippen LogP contribution >= 0.6 is 11.3 Å². The van der Waals surface area contributed by atoms with Crippen LogP contribution in [0.1, 0.15) is 5.56 Å². The van der Waals surface area contributed by atoms with Crippen molar-refractivity contribution >= 4 is 33.8 Å². The molecule has 0 saturated carbocycles. The molecule has 1 aliphatic heterocycles. The summed E-state index contributed by atoms with van der Waals surface area (Å²) in [6.45, 7) is 0. The first-order valence-corrected chi connectivity index (χ1v) is 8.12. The molecular weight excluding hydrogens is 308 g/mol. The number of rotatable bonds is 4. The zero-order valence-corrected chi connectivity index (χ0v) is 13.0. The number of carbonyl (C=O) groups is 1. The lowest BCUT2D eigenvalue weighted by atomic mass is 10.1. The second kappa shape index (κ2) is 5.73. The summed E-state index contributed by atoms with van der Waals surface area (Å²) in [4.78, 5) is 16.0. The minimum absolute atomic E-state index is 0.0462. The number of thiazole rings is 1. The van der Waals surface area contributed by atoms with Gasteiger partial charge in [-0.15, -0.1) is 11.3 Å². The van der Waals surface area contributed by atoms with Crippen molar-refractivity contribution in [2.24, 2.45) is 0 Å². The number of aromatic nitrogens is 1. The average Bonchev–Trinajstić information content (AvgIpc) is 3.18. The maximum atomic E-state index is 11.4. The molecule has 2 aromatic carbocycles. The van der Waals surface area contributed by atoms with E-state index < -0.39 is 0 Å². The summed E-state index contributed by atoms with van der Waals surface area (Å²) >= 11 is 1.53. The number of amides is 1. The smallest absolute Gasteiger partial charge is 0.228 e. The lowest BCUT2D eigenvalue weighted by molar-refractivity contribution is -0.115. The van der Waals surface area contributed by atoms with Gasteiger partial charge in [-0.25, -0.2) is 4.98 Å². The SMILES string of the molecule is O=C1Cc2cc(-c3csc(NNc4ccccc4)n3)ccc2N1. The van der Waals surface area contributed by atoms with Gasteiger partial charge in [0.1, 0.15) is 0 Å². The second-order valence-electron chi connectivity index (χ2n) is 5.25. The quantitative estimate of drug-likeness (QED) is 0.640. The van der Waals surface area contributed by atoms with Crippen LogP contribution in [-0.2, 0) is 11.2 Å². The molecule has 0 fully saturated rings. The van der Waals surface area contributed by atoms with Crippen LogP contribution in [-0.4, -0.2) is 10.9 Å². The fraction of sp³-hybridized carbons (Fsp3) is 0.0588. The number of nitrogens with zero attached hydrogens (tertiary/aromatic N) is 1. The molecule has 5 nitrogen and oxygen atoms in total. The maximum Gasteiger partial charge on any atom is 0.228 e. The van der Waals surface area contributed by atoms with Gasteiger partial charge in [0.2, 0.25) is 11.0 Å². The Labute approximate surface area is 137 Å². The summed E-state index contributed by atoms with van der Waals surface area (Å²) in [6.07, 6.45) is 0.438. The second-order valence-corrected chi connectivity index (χ2v) is 6.11. The van der Waals surface area contributed by atoms with Crippen molar-refractivity contribution in [3.8, 4) is 11.3 Å². The number of benzene rings is 2. The van der Waals surface area contributed by atoms with Gasteiger partial charge in [0, 0.05) is 16.6 Å².